The van der Waals surface area contributed by atoms with Gasteiger partial charge in [0.2, 0.25) is 0 Å². The van der Waals surface area contributed by atoms with E-state index in [1.54, 1.807) is 0 Å². The third-order valence-corrected chi connectivity index (χ3v) is 4.30. The summed E-state index contributed by atoms with van der Waals surface area (Å²) in [7, 11) is 0. The second-order valence-electron chi connectivity index (χ2n) is 5.28. The van der Waals surface area contributed by atoms with Gasteiger partial charge in [0.25, 0.3) is 0 Å². The summed E-state index contributed by atoms with van der Waals surface area (Å²) in [4.78, 5) is 0. The van der Waals surface area contributed by atoms with Gasteiger partial charge < -0.3 is 10.5 Å². The number of halogens is 2. The third-order valence-electron chi connectivity index (χ3n) is 4.06. The monoisotopic (exact) mass is 303 g/mol. The van der Waals surface area contributed by atoms with E-state index in [4.69, 9.17) is 22.1 Å². The van der Waals surface area contributed by atoms with Gasteiger partial charge in [-0.15, -0.1) is 12.4 Å². The normalized spacial score (nSPS) is 19.5. The molecule has 4 heteroatoms. The second-order valence-corrected chi connectivity index (χ2v) is 5.71. The van der Waals surface area contributed by atoms with E-state index in [1.807, 2.05) is 12.1 Å². The van der Waals surface area contributed by atoms with Crippen molar-refractivity contribution >= 4 is 24.0 Å². The van der Waals surface area contributed by atoms with Gasteiger partial charge in [-0.3, -0.25) is 0 Å². The fourth-order valence-electron chi connectivity index (χ4n) is 2.84. The third kappa shape index (κ3) is 4.09. The Kier molecular flexibility index (Phi) is 6.61. The molecule has 1 unspecified atom stereocenters. The fraction of sp³-hybridized carbons (Fsp3) is 0.600. The Balaban J connectivity index is 0.00000180. The summed E-state index contributed by atoms with van der Waals surface area (Å²) >= 11 is 6.13. The Morgan fingerprint density at radius 1 is 1.37 bits per heavy atom. The fourth-order valence-corrected chi connectivity index (χ4v) is 3.03. The maximum absolute atomic E-state index is 6.19. The van der Waals surface area contributed by atoms with Gasteiger partial charge in [0.05, 0.1) is 0 Å². The Bertz CT molecular complexity index is 391. The highest BCUT2D eigenvalue weighted by Crippen LogP contribution is 2.39. The van der Waals surface area contributed by atoms with Crippen LogP contribution in [0.4, 0.5) is 0 Å². The van der Waals surface area contributed by atoms with Crippen LogP contribution in [-0.2, 0) is 10.2 Å². The molecular weight excluding hydrogens is 281 g/mol. The van der Waals surface area contributed by atoms with Crippen molar-refractivity contribution in [3.63, 3.8) is 0 Å². The number of hydrogen-bond acceptors (Lipinski definition) is 2. The predicted octanol–water partition coefficient (Wildman–Crippen LogP) is 3.94. The van der Waals surface area contributed by atoms with Crippen LogP contribution in [0, 0.1) is 0 Å². The van der Waals surface area contributed by atoms with Crippen LogP contribution < -0.4 is 5.73 Å². The van der Waals surface area contributed by atoms with Crippen LogP contribution in [0.25, 0.3) is 0 Å². The van der Waals surface area contributed by atoms with Gasteiger partial charge >= 0.3 is 0 Å². The number of hydrogen-bond donors (Lipinski definition) is 1. The highest BCUT2D eigenvalue weighted by Gasteiger charge is 2.35. The lowest BCUT2D eigenvalue weighted by Gasteiger charge is -2.39. The van der Waals surface area contributed by atoms with E-state index in [9.17, 15) is 0 Å². The molecular formula is C15H23Cl2NO. The molecule has 0 amide bonds. The van der Waals surface area contributed by atoms with Crippen LogP contribution in [0.15, 0.2) is 24.3 Å². The first kappa shape index (κ1) is 16.8. The van der Waals surface area contributed by atoms with Crippen LogP contribution >= 0.6 is 24.0 Å². The van der Waals surface area contributed by atoms with Crippen molar-refractivity contribution in [1.82, 2.24) is 0 Å². The lowest BCUT2D eigenvalue weighted by atomic mass is 9.70. The summed E-state index contributed by atoms with van der Waals surface area (Å²) in [5.74, 6) is 0. The van der Waals surface area contributed by atoms with E-state index in [0.29, 0.717) is 0 Å². The van der Waals surface area contributed by atoms with Crippen LogP contribution in [0.5, 0.6) is 0 Å². The first-order chi connectivity index (χ1) is 8.66. The van der Waals surface area contributed by atoms with Crippen molar-refractivity contribution in [3.05, 3.63) is 34.9 Å². The molecule has 19 heavy (non-hydrogen) atoms. The molecule has 2 N–H and O–H groups in total. The Morgan fingerprint density at radius 3 is 2.63 bits per heavy atom. The molecule has 0 bridgehead atoms. The smallest absolute Gasteiger partial charge is 0.0474 e. The van der Waals surface area contributed by atoms with Crippen LogP contribution in [0.3, 0.4) is 0 Å². The van der Waals surface area contributed by atoms with Crippen molar-refractivity contribution in [1.29, 1.82) is 0 Å². The van der Waals surface area contributed by atoms with Gasteiger partial charge in [-0.05, 0) is 43.4 Å². The van der Waals surface area contributed by atoms with Gasteiger partial charge in [-0.2, -0.15) is 0 Å². The average Bonchev–Trinajstić information content (AvgIpc) is 2.39. The molecule has 108 valence electrons. The molecule has 0 saturated carbocycles. The Labute approximate surface area is 127 Å². The number of ether oxygens (including phenoxy) is 1. The minimum atomic E-state index is 0. The zero-order chi connectivity index (χ0) is 13.0. The van der Waals surface area contributed by atoms with Crippen molar-refractivity contribution in [2.75, 3.05) is 13.2 Å². The molecule has 2 rings (SSSR count). The molecule has 1 fully saturated rings. The van der Waals surface area contributed by atoms with Crippen molar-refractivity contribution < 1.29 is 4.74 Å². The lowest BCUT2D eigenvalue weighted by molar-refractivity contribution is 0.0441. The van der Waals surface area contributed by atoms with E-state index < -0.39 is 0 Å². The molecule has 1 aliphatic rings. The molecule has 1 aliphatic heterocycles. The molecule has 1 aromatic carbocycles. The summed E-state index contributed by atoms with van der Waals surface area (Å²) in [5, 5.41) is 0.809. The summed E-state index contributed by atoms with van der Waals surface area (Å²) in [6, 6.07) is 8.49. The van der Waals surface area contributed by atoms with Gasteiger partial charge in [0.1, 0.15) is 0 Å². The molecule has 1 aromatic rings. The minimum Gasteiger partial charge on any atom is -0.381 e. The minimum absolute atomic E-state index is 0. The first-order valence-electron chi connectivity index (χ1n) is 6.76. The second kappa shape index (κ2) is 7.49. The Morgan fingerprint density at radius 2 is 2.05 bits per heavy atom. The lowest BCUT2D eigenvalue weighted by Crippen LogP contribution is -2.39. The molecule has 1 saturated heterocycles. The molecule has 2 nitrogen and oxygen atoms in total. The van der Waals surface area contributed by atoms with Crippen LogP contribution in [0.2, 0.25) is 5.02 Å². The summed E-state index contributed by atoms with van der Waals surface area (Å²) in [6.45, 7) is 3.79. The maximum atomic E-state index is 6.19. The standard InChI is InChI=1S/C15H22ClNO.ClH/c1-2-14(17)11-15(6-8-18-9-7-15)12-4-3-5-13(16)10-12;/h3-5,10,14H,2,6-9,11,17H2,1H3;1H. The van der Waals surface area contributed by atoms with Gasteiger partial charge in [-0.25, -0.2) is 0 Å². The number of benzene rings is 1. The largest absolute Gasteiger partial charge is 0.381 e. The summed E-state index contributed by atoms with van der Waals surface area (Å²) < 4.78 is 5.52. The summed E-state index contributed by atoms with van der Waals surface area (Å²) in [5.41, 5.74) is 7.66. The first-order valence-corrected chi connectivity index (χ1v) is 7.13. The molecule has 0 aromatic heterocycles. The SMILES string of the molecule is CCC(N)CC1(c2cccc(Cl)c2)CCOCC1.Cl. The van der Waals surface area contributed by atoms with Gasteiger partial charge in [0, 0.05) is 29.7 Å². The van der Waals surface area contributed by atoms with E-state index in [1.165, 1.54) is 5.56 Å². The highest BCUT2D eigenvalue weighted by atomic mass is 35.5. The van der Waals surface area contributed by atoms with E-state index in [0.717, 1.165) is 43.9 Å². The highest BCUT2D eigenvalue weighted by molar-refractivity contribution is 6.30. The zero-order valence-corrected chi connectivity index (χ0v) is 13.0. The van der Waals surface area contributed by atoms with E-state index in [2.05, 4.69) is 19.1 Å². The molecule has 0 spiro atoms. The topological polar surface area (TPSA) is 35.2 Å². The van der Waals surface area contributed by atoms with E-state index in [-0.39, 0.29) is 23.9 Å². The maximum Gasteiger partial charge on any atom is 0.0474 e. The van der Waals surface area contributed by atoms with Gasteiger partial charge in [-0.1, -0.05) is 30.7 Å². The number of rotatable bonds is 4. The van der Waals surface area contributed by atoms with E-state index >= 15 is 0 Å². The summed E-state index contributed by atoms with van der Waals surface area (Å²) in [6.07, 6.45) is 4.12. The average molecular weight is 304 g/mol. The molecule has 0 aliphatic carbocycles. The van der Waals surface area contributed by atoms with Crippen molar-refractivity contribution in [2.24, 2.45) is 5.73 Å². The predicted molar refractivity (Wildman–Crippen MR) is 83.3 cm³/mol. The van der Waals surface area contributed by atoms with Crippen LogP contribution in [0.1, 0.15) is 38.2 Å². The van der Waals surface area contributed by atoms with Crippen molar-refractivity contribution in [2.45, 2.75) is 44.1 Å². The number of nitrogens with two attached hydrogens (primary N) is 1. The van der Waals surface area contributed by atoms with Crippen LogP contribution in [-0.4, -0.2) is 19.3 Å². The Hall–Kier alpha value is -0.280. The quantitative estimate of drug-likeness (QED) is 0.914. The zero-order valence-electron chi connectivity index (χ0n) is 11.4. The van der Waals surface area contributed by atoms with Gasteiger partial charge in [0.15, 0.2) is 0 Å². The van der Waals surface area contributed by atoms with Crippen molar-refractivity contribution in [3.8, 4) is 0 Å². The molecule has 1 heterocycles. The molecule has 0 radical (unpaired) electrons. The molecule has 1 atom stereocenters.